The first-order valence-electron chi connectivity index (χ1n) is 8.78. The van der Waals surface area contributed by atoms with Crippen molar-refractivity contribution in [3.05, 3.63) is 64.7 Å². The first-order valence-corrected chi connectivity index (χ1v) is 8.78. The molecule has 23 heavy (non-hydrogen) atoms. The molecule has 2 aromatic rings. The minimum atomic E-state index is 0.116. The standard InChI is InChI=1S/C21H24O2/c22-13-14-5-10-18-16(11-14)12-21(15-6-8-17(23)9-7-15)20-4-2-1-3-19(18)20/h5-11,19-23H,1-4,12-13H2. The van der Waals surface area contributed by atoms with Crippen LogP contribution in [-0.4, -0.2) is 10.2 Å². The van der Waals surface area contributed by atoms with Crippen molar-refractivity contribution in [1.29, 1.82) is 0 Å². The summed E-state index contributed by atoms with van der Waals surface area (Å²) in [5.41, 5.74) is 5.29. The van der Waals surface area contributed by atoms with E-state index >= 15 is 0 Å². The van der Waals surface area contributed by atoms with Gasteiger partial charge in [0.1, 0.15) is 5.75 Å². The average molecular weight is 308 g/mol. The van der Waals surface area contributed by atoms with Crippen molar-refractivity contribution < 1.29 is 10.2 Å². The number of phenolic OH excluding ortho intramolecular Hbond substituents is 1. The van der Waals surface area contributed by atoms with Crippen LogP contribution in [0.4, 0.5) is 0 Å². The predicted molar refractivity (Wildman–Crippen MR) is 91.6 cm³/mol. The molecule has 2 aromatic carbocycles. The first kappa shape index (κ1) is 14.8. The number of benzene rings is 2. The molecule has 0 spiro atoms. The van der Waals surface area contributed by atoms with E-state index in [0.29, 0.717) is 23.5 Å². The lowest BCUT2D eigenvalue weighted by Crippen LogP contribution is -2.31. The van der Waals surface area contributed by atoms with Crippen molar-refractivity contribution in [3.63, 3.8) is 0 Å². The largest absolute Gasteiger partial charge is 0.508 e. The van der Waals surface area contributed by atoms with E-state index in [1.165, 1.54) is 42.4 Å². The van der Waals surface area contributed by atoms with Gasteiger partial charge < -0.3 is 10.2 Å². The number of aliphatic hydroxyl groups is 1. The second kappa shape index (κ2) is 6.01. The highest BCUT2D eigenvalue weighted by atomic mass is 16.3. The zero-order valence-electron chi connectivity index (χ0n) is 13.4. The fourth-order valence-electron chi connectivity index (χ4n) is 4.80. The van der Waals surface area contributed by atoms with Crippen molar-refractivity contribution >= 4 is 0 Å². The van der Waals surface area contributed by atoms with Crippen LogP contribution in [0.5, 0.6) is 5.75 Å². The molecule has 0 aliphatic heterocycles. The van der Waals surface area contributed by atoms with Crippen LogP contribution >= 0.6 is 0 Å². The van der Waals surface area contributed by atoms with Gasteiger partial charge in [-0.15, -0.1) is 0 Å². The summed E-state index contributed by atoms with van der Waals surface area (Å²) in [7, 11) is 0. The van der Waals surface area contributed by atoms with Gasteiger partial charge in [-0.2, -0.15) is 0 Å². The van der Waals surface area contributed by atoms with E-state index in [0.717, 1.165) is 12.0 Å². The third kappa shape index (κ3) is 2.66. The minimum absolute atomic E-state index is 0.116. The second-order valence-corrected chi connectivity index (χ2v) is 7.15. The number of hydrogen-bond acceptors (Lipinski definition) is 2. The van der Waals surface area contributed by atoms with Gasteiger partial charge in [0.25, 0.3) is 0 Å². The lowest BCUT2D eigenvalue weighted by atomic mass is 9.61. The molecule has 2 nitrogen and oxygen atoms in total. The fraction of sp³-hybridized carbons (Fsp3) is 0.429. The molecule has 0 amide bonds. The molecule has 3 unspecified atom stereocenters. The Kier molecular flexibility index (Phi) is 3.86. The van der Waals surface area contributed by atoms with Crippen LogP contribution in [0.15, 0.2) is 42.5 Å². The van der Waals surface area contributed by atoms with Gasteiger partial charge >= 0.3 is 0 Å². The van der Waals surface area contributed by atoms with E-state index in [1.807, 2.05) is 12.1 Å². The molecule has 0 bridgehead atoms. The lowest BCUT2D eigenvalue weighted by molar-refractivity contribution is 0.242. The molecule has 2 N–H and O–H groups in total. The van der Waals surface area contributed by atoms with Gasteiger partial charge in [-0.1, -0.05) is 43.2 Å². The molecule has 0 radical (unpaired) electrons. The Hall–Kier alpha value is -1.80. The zero-order chi connectivity index (χ0) is 15.8. The SMILES string of the molecule is OCc1ccc2c(c1)CC(c1ccc(O)cc1)C1CCCCC21. The zero-order valence-corrected chi connectivity index (χ0v) is 13.4. The molecule has 2 aliphatic rings. The van der Waals surface area contributed by atoms with E-state index in [-0.39, 0.29) is 6.61 Å². The highest BCUT2D eigenvalue weighted by Crippen LogP contribution is 2.51. The normalized spacial score (nSPS) is 26.4. The van der Waals surface area contributed by atoms with Gasteiger partial charge in [0.15, 0.2) is 0 Å². The van der Waals surface area contributed by atoms with E-state index in [1.54, 1.807) is 0 Å². The summed E-state index contributed by atoms with van der Waals surface area (Å²) in [6.07, 6.45) is 6.29. The van der Waals surface area contributed by atoms with Crippen LogP contribution in [-0.2, 0) is 13.0 Å². The van der Waals surface area contributed by atoms with Crippen LogP contribution < -0.4 is 0 Å². The number of rotatable bonds is 2. The van der Waals surface area contributed by atoms with Crippen LogP contribution in [0.1, 0.15) is 59.8 Å². The molecule has 1 fully saturated rings. The first-order chi connectivity index (χ1) is 11.3. The van der Waals surface area contributed by atoms with Crippen molar-refractivity contribution in [2.24, 2.45) is 5.92 Å². The van der Waals surface area contributed by atoms with Crippen LogP contribution in [0.25, 0.3) is 0 Å². The smallest absolute Gasteiger partial charge is 0.115 e. The Balaban J connectivity index is 1.76. The van der Waals surface area contributed by atoms with E-state index in [2.05, 4.69) is 30.3 Å². The molecule has 0 aromatic heterocycles. The van der Waals surface area contributed by atoms with Gasteiger partial charge in [-0.3, -0.25) is 0 Å². The molecule has 2 heteroatoms. The molecule has 4 rings (SSSR count). The van der Waals surface area contributed by atoms with Gasteiger partial charge in [0.05, 0.1) is 6.61 Å². The average Bonchev–Trinajstić information content (AvgIpc) is 2.61. The summed E-state index contributed by atoms with van der Waals surface area (Å²) in [6.45, 7) is 0.116. The molecule has 1 saturated carbocycles. The van der Waals surface area contributed by atoms with Gasteiger partial charge in [-0.25, -0.2) is 0 Å². The highest BCUT2D eigenvalue weighted by Gasteiger charge is 2.38. The molecule has 0 heterocycles. The van der Waals surface area contributed by atoms with Crippen molar-refractivity contribution in [3.8, 4) is 5.75 Å². The number of fused-ring (bicyclic) bond motifs is 3. The molecule has 120 valence electrons. The maximum Gasteiger partial charge on any atom is 0.115 e. The minimum Gasteiger partial charge on any atom is -0.508 e. The van der Waals surface area contributed by atoms with E-state index < -0.39 is 0 Å². The Labute approximate surface area is 137 Å². The summed E-state index contributed by atoms with van der Waals surface area (Å²) in [5.74, 6) is 2.23. The van der Waals surface area contributed by atoms with Gasteiger partial charge in [0, 0.05) is 0 Å². The summed E-state index contributed by atoms with van der Waals surface area (Å²) in [5, 5.41) is 19.0. The lowest BCUT2D eigenvalue weighted by Gasteiger charge is -2.43. The monoisotopic (exact) mass is 308 g/mol. The third-order valence-electron chi connectivity index (χ3n) is 5.89. The summed E-state index contributed by atoms with van der Waals surface area (Å²) < 4.78 is 0. The van der Waals surface area contributed by atoms with Crippen LogP contribution in [0.2, 0.25) is 0 Å². The Bertz CT molecular complexity index is 689. The summed E-state index contributed by atoms with van der Waals surface area (Å²) in [6, 6.07) is 14.4. The molecule has 2 aliphatic carbocycles. The van der Waals surface area contributed by atoms with Crippen molar-refractivity contribution in [2.75, 3.05) is 0 Å². The Morgan fingerprint density at radius 2 is 1.70 bits per heavy atom. The van der Waals surface area contributed by atoms with Crippen LogP contribution in [0, 0.1) is 5.92 Å². The molecule has 0 saturated heterocycles. The summed E-state index contributed by atoms with van der Waals surface area (Å²) >= 11 is 0. The molecular formula is C21H24O2. The maximum atomic E-state index is 9.59. The quantitative estimate of drug-likeness (QED) is 0.857. The van der Waals surface area contributed by atoms with Crippen molar-refractivity contribution in [2.45, 2.75) is 50.5 Å². The van der Waals surface area contributed by atoms with Crippen molar-refractivity contribution in [1.82, 2.24) is 0 Å². The van der Waals surface area contributed by atoms with E-state index in [4.69, 9.17) is 0 Å². The van der Waals surface area contributed by atoms with Gasteiger partial charge in [0.2, 0.25) is 0 Å². The predicted octanol–water partition coefficient (Wildman–Crippen LogP) is 4.50. The maximum absolute atomic E-state index is 9.59. The second-order valence-electron chi connectivity index (χ2n) is 7.15. The Morgan fingerprint density at radius 1 is 0.913 bits per heavy atom. The molecule has 3 atom stereocenters. The third-order valence-corrected chi connectivity index (χ3v) is 5.89. The number of aliphatic hydroxyl groups excluding tert-OH is 1. The Morgan fingerprint density at radius 3 is 2.48 bits per heavy atom. The molecular weight excluding hydrogens is 284 g/mol. The topological polar surface area (TPSA) is 40.5 Å². The fourth-order valence-corrected chi connectivity index (χ4v) is 4.80. The number of aromatic hydroxyl groups is 1. The highest BCUT2D eigenvalue weighted by molar-refractivity contribution is 5.41. The number of hydrogen-bond donors (Lipinski definition) is 2. The van der Waals surface area contributed by atoms with Crippen LogP contribution in [0.3, 0.4) is 0 Å². The summed E-state index contributed by atoms with van der Waals surface area (Å²) in [4.78, 5) is 0. The van der Waals surface area contributed by atoms with E-state index in [9.17, 15) is 10.2 Å². The van der Waals surface area contributed by atoms with Gasteiger partial charge in [-0.05, 0) is 71.4 Å². The number of phenols is 1.